The Kier molecular flexibility index (Phi) is 3.59. The number of rotatable bonds is 5. The molecule has 1 fully saturated rings. The molecule has 0 aromatic heterocycles. The minimum atomic E-state index is -0.415. The summed E-state index contributed by atoms with van der Waals surface area (Å²) in [5, 5.41) is 5.19. The van der Waals surface area contributed by atoms with Gasteiger partial charge in [0.2, 0.25) is 0 Å². The quantitative estimate of drug-likeness (QED) is 0.904. The summed E-state index contributed by atoms with van der Waals surface area (Å²) in [6.45, 7) is 1.97. The van der Waals surface area contributed by atoms with Gasteiger partial charge in [-0.2, -0.15) is 0 Å². The first kappa shape index (κ1) is 13.0. The molecule has 0 aliphatic heterocycles. The van der Waals surface area contributed by atoms with E-state index in [2.05, 4.69) is 5.32 Å². The molecule has 0 bridgehead atoms. The van der Waals surface area contributed by atoms with Crippen molar-refractivity contribution in [2.24, 2.45) is 0 Å². The molecule has 2 aromatic carbocycles. The van der Waals surface area contributed by atoms with Crippen LogP contribution >= 0.6 is 0 Å². The van der Waals surface area contributed by atoms with Crippen LogP contribution in [-0.4, -0.2) is 18.1 Å². The highest BCUT2D eigenvalue weighted by atomic mass is 16.5. The lowest BCUT2D eigenvalue weighted by Gasteiger charge is -2.18. The topological polar surface area (TPSA) is 38.3 Å². The van der Waals surface area contributed by atoms with Crippen LogP contribution in [0.25, 0.3) is 10.8 Å². The Morgan fingerprint density at radius 2 is 2.00 bits per heavy atom. The van der Waals surface area contributed by atoms with E-state index in [-0.39, 0.29) is 5.91 Å². The van der Waals surface area contributed by atoms with Gasteiger partial charge in [-0.25, -0.2) is 0 Å². The van der Waals surface area contributed by atoms with E-state index in [9.17, 15) is 4.79 Å². The average Bonchev–Trinajstić information content (AvgIpc) is 3.28. The molecule has 0 heterocycles. The maximum absolute atomic E-state index is 12.1. The molecular weight excluding hydrogens is 250 g/mol. The van der Waals surface area contributed by atoms with Gasteiger partial charge in [0, 0.05) is 11.4 Å². The van der Waals surface area contributed by atoms with Crippen molar-refractivity contribution >= 4 is 16.7 Å². The van der Waals surface area contributed by atoms with E-state index >= 15 is 0 Å². The Morgan fingerprint density at radius 1 is 1.25 bits per heavy atom. The second-order valence-electron chi connectivity index (χ2n) is 5.27. The van der Waals surface area contributed by atoms with Crippen LogP contribution in [0.5, 0.6) is 5.75 Å². The second-order valence-corrected chi connectivity index (χ2v) is 5.27. The molecule has 104 valence electrons. The molecule has 3 rings (SSSR count). The van der Waals surface area contributed by atoms with Crippen molar-refractivity contribution in [3.05, 3.63) is 42.5 Å². The van der Waals surface area contributed by atoms with E-state index in [0.717, 1.165) is 29.4 Å². The average molecular weight is 269 g/mol. The summed E-state index contributed by atoms with van der Waals surface area (Å²) in [5.41, 5.74) is 0. The van der Waals surface area contributed by atoms with E-state index in [4.69, 9.17) is 4.74 Å². The van der Waals surface area contributed by atoms with Crippen LogP contribution in [0, 0.1) is 0 Å². The van der Waals surface area contributed by atoms with Crippen molar-refractivity contribution in [3.8, 4) is 5.75 Å². The van der Waals surface area contributed by atoms with Gasteiger partial charge in [-0.05, 0) is 30.7 Å². The molecule has 1 aliphatic rings. The van der Waals surface area contributed by atoms with Gasteiger partial charge < -0.3 is 10.1 Å². The number of carbonyl (C=O) groups is 1. The van der Waals surface area contributed by atoms with E-state index in [0.29, 0.717) is 12.5 Å². The number of carbonyl (C=O) groups excluding carboxylic acids is 1. The fourth-order valence-corrected chi connectivity index (χ4v) is 2.30. The highest BCUT2D eigenvalue weighted by Crippen LogP contribution is 2.27. The molecule has 3 nitrogen and oxygen atoms in total. The summed E-state index contributed by atoms with van der Waals surface area (Å²) in [7, 11) is 0. The van der Waals surface area contributed by atoms with Crippen molar-refractivity contribution in [1.82, 2.24) is 5.32 Å². The zero-order valence-corrected chi connectivity index (χ0v) is 11.6. The van der Waals surface area contributed by atoms with Gasteiger partial charge in [-0.3, -0.25) is 4.79 Å². The molecule has 0 saturated heterocycles. The highest BCUT2D eigenvalue weighted by molar-refractivity contribution is 5.89. The minimum absolute atomic E-state index is 0.00272. The van der Waals surface area contributed by atoms with Gasteiger partial charge >= 0.3 is 0 Å². The molecule has 3 heteroatoms. The monoisotopic (exact) mass is 269 g/mol. The third-order valence-electron chi connectivity index (χ3n) is 3.61. The zero-order valence-electron chi connectivity index (χ0n) is 11.6. The number of hydrogen-bond acceptors (Lipinski definition) is 2. The van der Waals surface area contributed by atoms with Crippen LogP contribution in [-0.2, 0) is 4.79 Å². The number of fused-ring (bicyclic) bond motifs is 1. The number of amides is 1. The van der Waals surface area contributed by atoms with Crippen LogP contribution in [0.4, 0.5) is 0 Å². The van der Waals surface area contributed by atoms with Gasteiger partial charge in [-0.15, -0.1) is 0 Å². The van der Waals surface area contributed by atoms with Crippen LogP contribution in [0.15, 0.2) is 42.5 Å². The zero-order chi connectivity index (χ0) is 13.9. The largest absolute Gasteiger partial charge is 0.480 e. The summed E-state index contributed by atoms with van der Waals surface area (Å²) in [6.07, 6.45) is 2.44. The summed E-state index contributed by atoms with van der Waals surface area (Å²) in [5.74, 6) is 0.781. The minimum Gasteiger partial charge on any atom is -0.480 e. The molecular formula is C17H19NO2. The van der Waals surface area contributed by atoms with Crippen LogP contribution in [0.1, 0.15) is 26.2 Å². The highest BCUT2D eigenvalue weighted by Gasteiger charge is 2.27. The Balaban J connectivity index is 1.81. The Morgan fingerprint density at radius 3 is 2.75 bits per heavy atom. The first-order valence-electron chi connectivity index (χ1n) is 7.22. The molecule has 2 aromatic rings. The summed E-state index contributed by atoms with van der Waals surface area (Å²) < 4.78 is 5.96. The normalized spacial score (nSPS) is 15.8. The lowest BCUT2D eigenvalue weighted by atomic mass is 10.1. The Labute approximate surface area is 118 Å². The number of benzene rings is 2. The molecule has 1 amide bonds. The fourth-order valence-electron chi connectivity index (χ4n) is 2.30. The second kappa shape index (κ2) is 5.53. The van der Waals surface area contributed by atoms with Crippen molar-refractivity contribution in [1.29, 1.82) is 0 Å². The molecule has 1 unspecified atom stereocenters. The molecule has 1 saturated carbocycles. The van der Waals surface area contributed by atoms with E-state index in [1.807, 2.05) is 49.4 Å². The van der Waals surface area contributed by atoms with Crippen LogP contribution in [0.2, 0.25) is 0 Å². The van der Waals surface area contributed by atoms with Gasteiger partial charge in [0.05, 0.1) is 0 Å². The third kappa shape index (κ3) is 2.77. The Bertz CT molecular complexity index is 614. The summed E-state index contributed by atoms with van der Waals surface area (Å²) in [6, 6.07) is 14.4. The first-order chi connectivity index (χ1) is 9.78. The van der Waals surface area contributed by atoms with Gasteiger partial charge in [0.15, 0.2) is 6.10 Å². The third-order valence-corrected chi connectivity index (χ3v) is 3.61. The maximum Gasteiger partial charge on any atom is 0.261 e. The van der Waals surface area contributed by atoms with Crippen molar-refractivity contribution < 1.29 is 9.53 Å². The predicted molar refractivity (Wildman–Crippen MR) is 79.8 cm³/mol. The molecule has 0 radical (unpaired) electrons. The van der Waals surface area contributed by atoms with Crippen molar-refractivity contribution in [3.63, 3.8) is 0 Å². The molecule has 1 aliphatic carbocycles. The SMILES string of the molecule is CCC(Oc1cccc2ccccc12)C(=O)NC1CC1. The maximum atomic E-state index is 12.1. The Hall–Kier alpha value is -2.03. The molecule has 0 spiro atoms. The van der Waals surface area contributed by atoms with E-state index < -0.39 is 6.10 Å². The fraction of sp³-hybridized carbons (Fsp3) is 0.353. The summed E-state index contributed by atoms with van der Waals surface area (Å²) >= 11 is 0. The van der Waals surface area contributed by atoms with Crippen molar-refractivity contribution in [2.45, 2.75) is 38.3 Å². The van der Waals surface area contributed by atoms with E-state index in [1.165, 1.54) is 0 Å². The number of ether oxygens (including phenoxy) is 1. The van der Waals surface area contributed by atoms with Crippen LogP contribution in [0.3, 0.4) is 0 Å². The van der Waals surface area contributed by atoms with Gasteiger partial charge in [-0.1, -0.05) is 43.3 Å². The van der Waals surface area contributed by atoms with Gasteiger partial charge in [0.25, 0.3) is 5.91 Å². The first-order valence-corrected chi connectivity index (χ1v) is 7.22. The number of nitrogens with one attached hydrogen (secondary N) is 1. The number of hydrogen-bond donors (Lipinski definition) is 1. The lowest BCUT2D eigenvalue weighted by molar-refractivity contribution is -0.128. The molecule has 1 N–H and O–H groups in total. The molecule has 20 heavy (non-hydrogen) atoms. The standard InChI is InChI=1S/C17H19NO2/c1-2-15(17(19)18-13-10-11-13)20-16-9-5-7-12-6-3-4-8-14(12)16/h3-9,13,15H,2,10-11H2,1H3,(H,18,19). The smallest absolute Gasteiger partial charge is 0.261 e. The summed E-state index contributed by atoms with van der Waals surface area (Å²) in [4.78, 5) is 12.1. The van der Waals surface area contributed by atoms with Crippen LogP contribution < -0.4 is 10.1 Å². The van der Waals surface area contributed by atoms with Crippen molar-refractivity contribution in [2.75, 3.05) is 0 Å². The van der Waals surface area contributed by atoms with E-state index in [1.54, 1.807) is 0 Å². The van der Waals surface area contributed by atoms with Gasteiger partial charge in [0.1, 0.15) is 5.75 Å². The molecule has 1 atom stereocenters. The predicted octanol–water partition coefficient (Wildman–Crippen LogP) is 3.28. The lowest BCUT2D eigenvalue weighted by Crippen LogP contribution is -2.39.